The number of likely N-dealkylation sites (tertiary alicyclic amines) is 1. The number of aliphatic carboxylic acids is 1. The van der Waals surface area contributed by atoms with Crippen LogP contribution in [0.15, 0.2) is 42.5 Å². The molecule has 2 heterocycles. The van der Waals surface area contributed by atoms with E-state index in [1.54, 1.807) is 13.0 Å². The Morgan fingerprint density at radius 2 is 1.89 bits per heavy atom. The number of pyridine rings is 1. The molecule has 2 aromatic rings. The average molecular weight is 510 g/mol. The van der Waals surface area contributed by atoms with Crippen LogP contribution in [0.5, 0.6) is 0 Å². The van der Waals surface area contributed by atoms with E-state index in [9.17, 15) is 14.4 Å². The van der Waals surface area contributed by atoms with E-state index in [2.05, 4.69) is 32.7 Å². The smallest absolute Gasteiger partial charge is 0.303 e. The van der Waals surface area contributed by atoms with E-state index >= 15 is 0 Å². The summed E-state index contributed by atoms with van der Waals surface area (Å²) in [5.41, 5.74) is 8.54. The van der Waals surface area contributed by atoms with Crippen LogP contribution in [0.4, 0.5) is 5.82 Å². The number of nitrogens with one attached hydrogen (secondary N) is 2. The van der Waals surface area contributed by atoms with Gasteiger partial charge in [-0.05, 0) is 75.7 Å². The van der Waals surface area contributed by atoms with Crippen LogP contribution in [-0.2, 0) is 20.9 Å². The zero-order chi connectivity index (χ0) is 26.8. The first-order chi connectivity index (χ1) is 17.7. The molecular weight excluding hydrogens is 470 g/mol. The molecule has 37 heavy (non-hydrogen) atoms. The van der Waals surface area contributed by atoms with Crippen molar-refractivity contribution in [2.45, 2.75) is 76.9 Å². The molecule has 0 aliphatic carbocycles. The number of aromatic nitrogens is 1. The van der Waals surface area contributed by atoms with Crippen LogP contribution in [0.3, 0.4) is 0 Å². The Kier molecular flexibility index (Phi) is 10.4. The molecule has 2 amide bonds. The monoisotopic (exact) mass is 509 g/mol. The SMILES string of the molecule is Cc1nc(N)ccc1CNC(=O)[C@H](C)NC(=O)[C@H]1C[C@@H](c2ccccc2)CCN1CCCCCC(=O)O. The van der Waals surface area contributed by atoms with Gasteiger partial charge in [-0.25, -0.2) is 4.98 Å². The minimum absolute atomic E-state index is 0.154. The highest BCUT2D eigenvalue weighted by Crippen LogP contribution is 2.32. The molecule has 0 bridgehead atoms. The molecule has 9 nitrogen and oxygen atoms in total. The number of rotatable bonds is 12. The number of carboxylic acids is 1. The van der Waals surface area contributed by atoms with Gasteiger partial charge in [0.1, 0.15) is 11.9 Å². The Hall–Kier alpha value is -3.46. The van der Waals surface area contributed by atoms with Crippen molar-refractivity contribution in [1.29, 1.82) is 0 Å². The lowest BCUT2D eigenvalue weighted by molar-refractivity contribution is -0.137. The largest absolute Gasteiger partial charge is 0.481 e. The molecule has 200 valence electrons. The normalized spacial score (nSPS) is 18.6. The summed E-state index contributed by atoms with van der Waals surface area (Å²) in [6, 6.07) is 12.7. The number of nitrogen functional groups attached to an aromatic ring is 1. The highest BCUT2D eigenvalue weighted by Gasteiger charge is 2.34. The van der Waals surface area contributed by atoms with Gasteiger partial charge in [-0.15, -0.1) is 0 Å². The van der Waals surface area contributed by atoms with E-state index in [-0.39, 0.29) is 30.2 Å². The first-order valence-corrected chi connectivity index (χ1v) is 13.1. The van der Waals surface area contributed by atoms with Crippen molar-refractivity contribution in [1.82, 2.24) is 20.5 Å². The van der Waals surface area contributed by atoms with Gasteiger partial charge in [0.2, 0.25) is 11.8 Å². The summed E-state index contributed by atoms with van der Waals surface area (Å²) in [6.07, 6.45) is 4.06. The number of nitrogens with two attached hydrogens (primary N) is 1. The summed E-state index contributed by atoms with van der Waals surface area (Å²) in [5, 5.41) is 14.7. The van der Waals surface area contributed by atoms with Crippen molar-refractivity contribution in [3.8, 4) is 0 Å². The number of carboxylic acid groups (broad SMARTS) is 1. The van der Waals surface area contributed by atoms with Crippen LogP contribution in [0.2, 0.25) is 0 Å². The van der Waals surface area contributed by atoms with Gasteiger partial charge in [0.25, 0.3) is 0 Å². The first-order valence-electron chi connectivity index (χ1n) is 13.1. The van der Waals surface area contributed by atoms with Crippen molar-refractivity contribution < 1.29 is 19.5 Å². The second-order valence-electron chi connectivity index (χ2n) is 9.82. The van der Waals surface area contributed by atoms with Gasteiger partial charge in [0.15, 0.2) is 0 Å². The predicted octanol–water partition coefficient (Wildman–Crippen LogP) is 2.99. The van der Waals surface area contributed by atoms with Crippen molar-refractivity contribution in [3.63, 3.8) is 0 Å². The number of hydrogen-bond acceptors (Lipinski definition) is 6. The molecule has 0 radical (unpaired) electrons. The third-order valence-electron chi connectivity index (χ3n) is 7.04. The highest BCUT2D eigenvalue weighted by atomic mass is 16.4. The fourth-order valence-corrected chi connectivity index (χ4v) is 4.86. The average Bonchev–Trinajstić information content (AvgIpc) is 2.88. The van der Waals surface area contributed by atoms with E-state index in [4.69, 9.17) is 10.8 Å². The van der Waals surface area contributed by atoms with Crippen LogP contribution in [0.1, 0.15) is 68.2 Å². The van der Waals surface area contributed by atoms with E-state index in [0.717, 1.165) is 43.6 Å². The number of hydrogen-bond donors (Lipinski definition) is 4. The summed E-state index contributed by atoms with van der Waals surface area (Å²) >= 11 is 0. The number of carbonyl (C=O) groups is 3. The molecule has 1 fully saturated rings. The third-order valence-corrected chi connectivity index (χ3v) is 7.04. The van der Waals surface area contributed by atoms with Crippen LogP contribution in [0, 0.1) is 6.92 Å². The van der Waals surface area contributed by atoms with E-state index in [0.29, 0.717) is 25.2 Å². The lowest BCUT2D eigenvalue weighted by Gasteiger charge is -2.39. The molecule has 0 spiro atoms. The minimum Gasteiger partial charge on any atom is -0.481 e. The summed E-state index contributed by atoms with van der Waals surface area (Å²) < 4.78 is 0. The van der Waals surface area contributed by atoms with Crippen LogP contribution >= 0.6 is 0 Å². The van der Waals surface area contributed by atoms with Crippen molar-refractivity contribution in [3.05, 3.63) is 59.3 Å². The topological polar surface area (TPSA) is 138 Å². The molecule has 1 aromatic carbocycles. The maximum absolute atomic E-state index is 13.4. The van der Waals surface area contributed by atoms with Crippen molar-refractivity contribution >= 4 is 23.6 Å². The van der Waals surface area contributed by atoms with Crippen LogP contribution in [0.25, 0.3) is 0 Å². The standard InChI is InChI=1S/C28H39N5O4/c1-19-23(12-13-25(29)31-19)18-30-27(36)20(2)32-28(37)24-17-22(21-9-5-3-6-10-21)14-16-33(24)15-8-4-7-11-26(34)35/h3,5-6,9-10,12-13,20,22,24H,4,7-8,11,14-18H2,1-2H3,(H2,29,31)(H,30,36)(H,32,37)(H,34,35)/t20-,22-,24+/m0/s1. The molecule has 1 aliphatic heterocycles. The molecule has 9 heteroatoms. The fourth-order valence-electron chi connectivity index (χ4n) is 4.86. The predicted molar refractivity (Wildman–Crippen MR) is 143 cm³/mol. The Balaban J connectivity index is 1.59. The molecule has 1 aromatic heterocycles. The maximum Gasteiger partial charge on any atom is 0.303 e. The van der Waals surface area contributed by atoms with E-state index in [1.165, 1.54) is 5.56 Å². The summed E-state index contributed by atoms with van der Waals surface area (Å²) in [6.45, 7) is 5.34. The quantitative estimate of drug-likeness (QED) is 0.323. The number of nitrogens with zero attached hydrogens (tertiary/aromatic N) is 2. The molecule has 0 unspecified atom stereocenters. The number of anilines is 1. The number of amides is 2. The van der Waals surface area contributed by atoms with Gasteiger partial charge in [0, 0.05) is 18.7 Å². The zero-order valence-electron chi connectivity index (χ0n) is 21.8. The number of unbranched alkanes of at least 4 members (excludes halogenated alkanes) is 2. The van der Waals surface area contributed by atoms with E-state index < -0.39 is 12.0 Å². The van der Waals surface area contributed by atoms with Gasteiger partial charge >= 0.3 is 5.97 Å². The second-order valence-corrected chi connectivity index (χ2v) is 9.82. The number of benzene rings is 1. The summed E-state index contributed by atoms with van der Waals surface area (Å²) in [7, 11) is 0. The molecule has 3 atom stereocenters. The molecule has 5 N–H and O–H groups in total. The first kappa shape index (κ1) is 28.1. The minimum atomic E-state index is -0.781. The van der Waals surface area contributed by atoms with Gasteiger partial charge < -0.3 is 21.5 Å². The highest BCUT2D eigenvalue weighted by molar-refractivity contribution is 5.89. The Morgan fingerprint density at radius 3 is 2.59 bits per heavy atom. The number of carbonyl (C=O) groups excluding carboxylic acids is 2. The van der Waals surface area contributed by atoms with E-state index in [1.807, 2.05) is 31.2 Å². The Morgan fingerprint density at radius 1 is 1.14 bits per heavy atom. The Bertz CT molecular complexity index is 1060. The third kappa shape index (κ3) is 8.56. The van der Waals surface area contributed by atoms with Gasteiger partial charge in [0.05, 0.1) is 6.04 Å². The van der Waals surface area contributed by atoms with Crippen LogP contribution < -0.4 is 16.4 Å². The summed E-state index contributed by atoms with van der Waals surface area (Å²) in [4.78, 5) is 43.3. The zero-order valence-corrected chi connectivity index (χ0v) is 21.8. The molecule has 3 rings (SSSR count). The maximum atomic E-state index is 13.4. The molecular formula is C28H39N5O4. The lowest BCUT2D eigenvalue weighted by atomic mass is 9.84. The van der Waals surface area contributed by atoms with Gasteiger partial charge in [-0.3, -0.25) is 19.3 Å². The van der Waals surface area contributed by atoms with Gasteiger partial charge in [-0.1, -0.05) is 42.8 Å². The lowest BCUT2D eigenvalue weighted by Crippen LogP contribution is -2.55. The van der Waals surface area contributed by atoms with Gasteiger partial charge in [-0.2, -0.15) is 0 Å². The number of aryl methyl sites for hydroxylation is 1. The summed E-state index contributed by atoms with van der Waals surface area (Å²) in [5.74, 6) is -0.498. The second kappa shape index (κ2) is 13.7. The van der Waals surface area contributed by atoms with Crippen molar-refractivity contribution in [2.75, 3.05) is 18.8 Å². The van der Waals surface area contributed by atoms with Crippen LogP contribution in [-0.4, -0.2) is 57.9 Å². The fraction of sp³-hybridized carbons (Fsp3) is 0.500. The van der Waals surface area contributed by atoms with Crippen molar-refractivity contribution in [2.24, 2.45) is 0 Å². The number of piperidine rings is 1. The molecule has 1 aliphatic rings. The Labute approximate surface area is 218 Å². The molecule has 0 saturated carbocycles. The molecule has 1 saturated heterocycles.